The van der Waals surface area contributed by atoms with Crippen LogP contribution in [-0.4, -0.2) is 51.6 Å². The van der Waals surface area contributed by atoms with Gasteiger partial charge in [0, 0.05) is 17.3 Å². The number of nitrogens with zero attached hydrogens (tertiary/aromatic N) is 2. The number of amides is 2. The number of hydrogen-bond acceptors (Lipinski definition) is 5. The van der Waals surface area contributed by atoms with Gasteiger partial charge in [-0.05, 0) is 12.1 Å². The van der Waals surface area contributed by atoms with Crippen molar-refractivity contribution < 1.29 is 19.5 Å². The third kappa shape index (κ3) is 5.87. The molecule has 102 valence electrons. The lowest BCUT2D eigenvalue weighted by molar-refractivity contribution is -0.144. The van der Waals surface area contributed by atoms with E-state index in [1.54, 1.807) is 24.5 Å². The number of carbonyl (C=O) groups excluding carboxylic acids is 2. The summed E-state index contributed by atoms with van der Waals surface area (Å²) < 4.78 is 0. The molecular weight excluding hydrogens is 270 g/mol. The zero-order valence-corrected chi connectivity index (χ0v) is 10.8. The maximum absolute atomic E-state index is 11.8. The molecule has 0 bridgehead atoms. The summed E-state index contributed by atoms with van der Waals surface area (Å²) in [4.78, 5) is 38.8. The van der Waals surface area contributed by atoms with E-state index >= 15 is 0 Å². The van der Waals surface area contributed by atoms with Gasteiger partial charge in [0.2, 0.25) is 11.8 Å². The van der Waals surface area contributed by atoms with Gasteiger partial charge in [-0.2, -0.15) is 0 Å². The van der Waals surface area contributed by atoms with Crippen LogP contribution in [0, 0.1) is 0 Å². The molecule has 1 rings (SSSR count). The minimum absolute atomic E-state index is 0.0323. The summed E-state index contributed by atoms with van der Waals surface area (Å²) in [6, 6.07) is 3.46. The number of pyridine rings is 1. The summed E-state index contributed by atoms with van der Waals surface area (Å²) in [6.07, 6.45) is 3.18. The van der Waals surface area contributed by atoms with E-state index in [1.807, 2.05) is 0 Å². The number of hydrogen-bond donors (Lipinski definition) is 2. The van der Waals surface area contributed by atoms with Crippen LogP contribution >= 0.6 is 11.8 Å². The van der Waals surface area contributed by atoms with Crippen LogP contribution < -0.4 is 5.73 Å². The molecule has 8 heteroatoms. The molecule has 0 aromatic carbocycles. The molecule has 0 atom stereocenters. The Balaban J connectivity index is 2.56. The highest BCUT2D eigenvalue weighted by Gasteiger charge is 2.18. The molecule has 7 nitrogen and oxygen atoms in total. The maximum atomic E-state index is 11.8. The Morgan fingerprint density at radius 1 is 1.26 bits per heavy atom. The van der Waals surface area contributed by atoms with E-state index in [2.05, 4.69) is 4.98 Å². The van der Waals surface area contributed by atoms with Crippen molar-refractivity contribution in [3.05, 3.63) is 24.5 Å². The van der Waals surface area contributed by atoms with Crippen LogP contribution in [0.15, 0.2) is 29.4 Å². The summed E-state index contributed by atoms with van der Waals surface area (Å²) in [5.74, 6) is -2.36. The molecule has 0 aliphatic carbocycles. The lowest BCUT2D eigenvalue weighted by Gasteiger charge is -2.18. The molecule has 2 amide bonds. The largest absolute Gasteiger partial charge is 0.480 e. The zero-order valence-electron chi connectivity index (χ0n) is 9.98. The van der Waals surface area contributed by atoms with Crippen LogP contribution in [0.3, 0.4) is 0 Å². The lowest BCUT2D eigenvalue weighted by Crippen LogP contribution is -2.42. The highest BCUT2D eigenvalue weighted by Crippen LogP contribution is 2.16. The van der Waals surface area contributed by atoms with Crippen molar-refractivity contribution in [2.75, 3.05) is 18.8 Å². The van der Waals surface area contributed by atoms with E-state index in [1.165, 1.54) is 11.8 Å². The molecule has 0 saturated carbocycles. The Labute approximate surface area is 113 Å². The molecular formula is C11H13N3O4S. The highest BCUT2D eigenvalue weighted by atomic mass is 32.2. The van der Waals surface area contributed by atoms with Gasteiger partial charge in [-0.25, -0.2) is 0 Å². The summed E-state index contributed by atoms with van der Waals surface area (Å²) >= 11 is 1.23. The van der Waals surface area contributed by atoms with Gasteiger partial charge in [-0.1, -0.05) is 0 Å². The van der Waals surface area contributed by atoms with E-state index in [4.69, 9.17) is 10.8 Å². The van der Waals surface area contributed by atoms with E-state index in [0.29, 0.717) is 0 Å². The SMILES string of the molecule is NC(=O)CN(CC(=O)O)C(=O)CSc1ccncc1. The average molecular weight is 283 g/mol. The number of carboxylic acid groups (broad SMARTS) is 1. The van der Waals surface area contributed by atoms with Crippen molar-refractivity contribution in [3.8, 4) is 0 Å². The highest BCUT2D eigenvalue weighted by molar-refractivity contribution is 8.00. The Kier molecular flexibility index (Phi) is 5.80. The molecule has 1 aromatic heterocycles. The van der Waals surface area contributed by atoms with Crippen LogP contribution in [0.2, 0.25) is 0 Å². The molecule has 19 heavy (non-hydrogen) atoms. The zero-order chi connectivity index (χ0) is 14.3. The Morgan fingerprint density at radius 2 is 1.89 bits per heavy atom. The average Bonchev–Trinajstić information content (AvgIpc) is 2.35. The fourth-order valence-electron chi connectivity index (χ4n) is 1.25. The van der Waals surface area contributed by atoms with Crippen molar-refractivity contribution in [2.24, 2.45) is 5.73 Å². The van der Waals surface area contributed by atoms with E-state index in [0.717, 1.165) is 9.80 Å². The van der Waals surface area contributed by atoms with Gasteiger partial charge >= 0.3 is 5.97 Å². The number of aromatic nitrogens is 1. The van der Waals surface area contributed by atoms with E-state index in [9.17, 15) is 14.4 Å². The van der Waals surface area contributed by atoms with Gasteiger partial charge < -0.3 is 15.7 Å². The Hall–Kier alpha value is -2.09. The van der Waals surface area contributed by atoms with Crippen molar-refractivity contribution in [1.82, 2.24) is 9.88 Å². The third-order valence-corrected chi connectivity index (χ3v) is 3.03. The first-order valence-corrected chi connectivity index (χ1v) is 6.28. The summed E-state index contributed by atoms with van der Waals surface area (Å²) in [7, 11) is 0. The predicted octanol–water partition coefficient (Wildman–Crippen LogP) is -0.428. The topological polar surface area (TPSA) is 114 Å². The van der Waals surface area contributed by atoms with Gasteiger partial charge in [0.1, 0.15) is 6.54 Å². The quantitative estimate of drug-likeness (QED) is 0.656. The Morgan fingerprint density at radius 3 is 2.42 bits per heavy atom. The Bertz CT molecular complexity index is 450. The van der Waals surface area contributed by atoms with Crippen molar-refractivity contribution in [2.45, 2.75) is 4.90 Å². The number of aliphatic carboxylic acids is 1. The van der Waals surface area contributed by atoms with Gasteiger partial charge in [-0.15, -0.1) is 11.8 Å². The number of rotatable bonds is 7. The lowest BCUT2D eigenvalue weighted by atomic mass is 10.4. The minimum Gasteiger partial charge on any atom is -0.480 e. The van der Waals surface area contributed by atoms with Crippen LogP contribution in [0.1, 0.15) is 0 Å². The molecule has 0 unspecified atom stereocenters. The third-order valence-electron chi connectivity index (χ3n) is 2.04. The predicted molar refractivity (Wildman–Crippen MR) is 68.4 cm³/mol. The molecule has 0 saturated heterocycles. The normalized spacial score (nSPS) is 9.89. The van der Waals surface area contributed by atoms with Crippen LogP contribution in [0.4, 0.5) is 0 Å². The first-order valence-electron chi connectivity index (χ1n) is 5.29. The molecule has 3 N–H and O–H groups in total. The summed E-state index contributed by atoms with van der Waals surface area (Å²) in [5.41, 5.74) is 4.97. The number of primary amides is 1. The number of thioether (sulfide) groups is 1. The van der Waals surface area contributed by atoms with Crippen LogP contribution in [0.5, 0.6) is 0 Å². The van der Waals surface area contributed by atoms with Crippen LogP contribution in [-0.2, 0) is 14.4 Å². The minimum atomic E-state index is -1.19. The summed E-state index contributed by atoms with van der Waals surface area (Å²) in [5, 5.41) is 8.67. The van der Waals surface area contributed by atoms with Gasteiger partial charge in [0.15, 0.2) is 0 Å². The molecule has 0 radical (unpaired) electrons. The second-order valence-electron chi connectivity index (χ2n) is 3.58. The van der Waals surface area contributed by atoms with Gasteiger partial charge in [0.05, 0.1) is 12.3 Å². The molecule has 0 aliphatic rings. The van der Waals surface area contributed by atoms with Crippen molar-refractivity contribution >= 4 is 29.5 Å². The maximum Gasteiger partial charge on any atom is 0.323 e. The number of carboxylic acids is 1. The fraction of sp³-hybridized carbons (Fsp3) is 0.273. The second kappa shape index (κ2) is 7.37. The molecule has 0 fully saturated rings. The van der Waals surface area contributed by atoms with Crippen molar-refractivity contribution in [1.29, 1.82) is 0 Å². The fourth-order valence-corrected chi connectivity index (χ4v) is 2.04. The smallest absolute Gasteiger partial charge is 0.323 e. The van der Waals surface area contributed by atoms with E-state index in [-0.39, 0.29) is 5.75 Å². The van der Waals surface area contributed by atoms with Gasteiger partial charge in [0.25, 0.3) is 0 Å². The molecule has 0 spiro atoms. The molecule has 0 aliphatic heterocycles. The number of carbonyl (C=O) groups is 3. The van der Waals surface area contributed by atoms with Gasteiger partial charge in [-0.3, -0.25) is 19.4 Å². The standard InChI is InChI=1S/C11H13N3O4S/c12-9(15)5-14(6-11(17)18)10(16)7-19-8-1-3-13-4-2-8/h1-4H,5-7H2,(H2,12,15)(H,17,18). The van der Waals surface area contributed by atoms with E-state index < -0.39 is 30.9 Å². The molecule has 1 aromatic rings. The first kappa shape index (κ1) is 15.0. The van der Waals surface area contributed by atoms with Crippen LogP contribution in [0.25, 0.3) is 0 Å². The second-order valence-corrected chi connectivity index (χ2v) is 4.63. The number of nitrogens with two attached hydrogens (primary N) is 1. The first-order chi connectivity index (χ1) is 8.99. The molecule has 1 heterocycles. The summed E-state index contributed by atoms with van der Waals surface area (Å²) in [6.45, 7) is -0.944. The monoisotopic (exact) mass is 283 g/mol. The van der Waals surface area contributed by atoms with Crippen molar-refractivity contribution in [3.63, 3.8) is 0 Å².